The molecule has 40 heavy (non-hydrogen) atoms. The Labute approximate surface area is 246 Å². The molecule has 0 heterocycles. The summed E-state index contributed by atoms with van der Waals surface area (Å²) in [5.41, 5.74) is 1.20. The Morgan fingerprint density at radius 1 is 1.20 bits per heavy atom. The number of ketones is 2. The van der Waals surface area contributed by atoms with Crippen LogP contribution in [0.25, 0.3) is 0 Å². The van der Waals surface area contributed by atoms with Gasteiger partial charge in [0.25, 0.3) is 5.91 Å². The van der Waals surface area contributed by atoms with Gasteiger partial charge in [0.15, 0.2) is 17.1 Å². The van der Waals surface area contributed by atoms with Crippen molar-refractivity contribution in [2.75, 3.05) is 19.4 Å². The molecule has 0 spiro atoms. The maximum atomic E-state index is 13.7. The smallest absolute Gasteiger partial charge is 0.305 e. The number of nitrogens with zero attached hydrogens (tertiary/aromatic N) is 1. The fraction of sp³-hybridized carbons (Fsp3) is 0.400. The zero-order chi connectivity index (χ0) is 29.1. The number of amides is 2. The third kappa shape index (κ3) is 4.70. The third-order valence-electron chi connectivity index (χ3n) is 7.49. The summed E-state index contributed by atoms with van der Waals surface area (Å²) in [7, 11) is 3.07. The quantitative estimate of drug-likeness (QED) is 0.126. The molecular formula is C25H27Br2N3O10. The fourth-order valence-electron chi connectivity index (χ4n) is 5.78. The number of allylic oxidation sites excluding steroid dienone is 1. The first-order chi connectivity index (χ1) is 18.1. The van der Waals surface area contributed by atoms with Crippen LogP contribution in [0.1, 0.15) is 28.8 Å². The number of Topliss-reactive ketones (excluding diaryl/α,β-unsaturated/α-hetero) is 2. The normalized spacial score (nSPS) is 26.4. The Kier molecular flexibility index (Phi) is 8.56. The van der Waals surface area contributed by atoms with Crippen molar-refractivity contribution in [1.82, 2.24) is 4.90 Å². The molecule has 3 aliphatic rings. The molecular weight excluding hydrogens is 662 g/mol. The lowest BCUT2D eigenvalue weighted by Gasteiger charge is -2.50. The zero-order valence-corrected chi connectivity index (χ0v) is 24.5. The standard InChI is InChI=1S/C25H26BrN3O10.BrH/c1-29(2)17-10-6-9-5-8-3-4-12(28-24(38)11(26)7-13(30)31)18(32)14(8)19(33)15(9)21(35)25(10,39)22(36)16(20(17)34)23(27)37;/h3-4,9-11,17,32,34-35,39H,5-7H2,1-2H3,(H2,27,37)(H,28,38)(H,30,31);1H/t9?,10?,11?,17-,25-;/m0./s1. The van der Waals surface area contributed by atoms with Crippen molar-refractivity contribution >= 4 is 67.9 Å². The lowest BCUT2D eigenvalue weighted by molar-refractivity contribution is -0.148. The van der Waals surface area contributed by atoms with E-state index in [1.54, 1.807) is 0 Å². The van der Waals surface area contributed by atoms with Gasteiger partial charge in [0.05, 0.1) is 23.7 Å². The summed E-state index contributed by atoms with van der Waals surface area (Å²) < 4.78 is 0. The van der Waals surface area contributed by atoms with E-state index in [1.807, 2.05) is 0 Å². The van der Waals surface area contributed by atoms with Crippen molar-refractivity contribution < 1.29 is 49.5 Å². The summed E-state index contributed by atoms with van der Waals surface area (Å²) in [5, 5.41) is 55.8. The fourth-order valence-corrected chi connectivity index (χ4v) is 6.17. The minimum absolute atomic E-state index is 0. The summed E-state index contributed by atoms with van der Waals surface area (Å²) in [6.07, 6.45) is -0.500. The number of anilines is 1. The maximum Gasteiger partial charge on any atom is 0.305 e. The maximum absolute atomic E-state index is 13.7. The number of aliphatic hydroxyl groups is 3. The average molecular weight is 689 g/mol. The largest absolute Gasteiger partial charge is 0.510 e. The summed E-state index contributed by atoms with van der Waals surface area (Å²) in [6.45, 7) is 0. The van der Waals surface area contributed by atoms with Crippen molar-refractivity contribution in [3.8, 4) is 5.75 Å². The van der Waals surface area contributed by atoms with E-state index in [0.717, 1.165) is 0 Å². The van der Waals surface area contributed by atoms with Crippen LogP contribution < -0.4 is 11.1 Å². The van der Waals surface area contributed by atoms with Gasteiger partial charge in [-0.3, -0.25) is 28.9 Å². The van der Waals surface area contributed by atoms with E-state index in [2.05, 4.69) is 21.2 Å². The highest BCUT2D eigenvalue weighted by Crippen LogP contribution is 2.52. The number of hydrogen-bond donors (Lipinski definition) is 7. The van der Waals surface area contributed by atoms with Gasteiger partial charge in [0.2, 0.25) is 11.7 Å². The molecule has 0 aromatic heterocycles. The molecule has 216 valence electrons. The summed E-state index contributed by atoms with van der Waals surface area (Å²) in [5.74, 6) is -9.77. The predicted molar refractivity (Wildman–Crippen MR) is 148 cm³/mol. The van der Waals surface area contributed by atoms with Crippen LogP contribution in [-0.2, 0) is 25.6 Å². The van der Waals surface area contributed by atoms with Gasteiger partial charge in [-0.15, -0.1) is 17.0 Å². The average Bonchev–Trinajstić information content (AvgIpc) is 2.82. The van der Waals surface area contributed by atoms with Crippen molar-refractivity contribution in [3.63, 3.8) is 0 Å². The van der Waals surface area contributed by atoms with Crippen molar-refractivity contribution in [2.45, 2.75) is 35.7 Å². The number of phenols is 1. The highest BCUT2D eigenvalue weighted by molar-refractivity contribution is 9.10. The van der Waals surface area contributed by atoms with Crippen molar-refractivity contribution in [3.05, 3.63) is 45.9 Å². The van der Waals surface area contributed by atoms with E-state index in [0.29, 0.717) is 5.56 Å². The monoisotopic (exact) mass is 687 g/mol. The minimum Gasteiger partial charge on any atom is -0.510 e. The number of carboxylic acid groups (broad SMARTS) is 1. The van der Waals surface area contributed by atoms with Gasteiger partial charge in [-0.1, -0.05) is 22.0 Å². The molecule has 0 saturated heterocycles. The van der Waals surface area contributed by atoms with Crippen LogP contribution >= 0.6 is 32.9 Å². The number of carbonyl (C=O) groups is 5. The van der Waals surface area contributed by atoms with Crippen LogP contribution in [0.3, 0.4) is 0 Å². The Morgan fingerprint density at radius 2 is 1.82 bits per heavy atom. The second-order valence-electron chi connectivity index (χ2n) is 10.0. The van der Waals surface area contributed by atoms with Crippen LogP contribution in [0.4, 0.5) is 5.69 Å². The number of nitrogens with two attached hydrogens (primary N) is 1. The number of hydrogen-bond acceptors (Lipinski definition) is 10. The van der Waals surface area contributed by atoms with E-state index >= 15 is 0 Å². The molecule has 0 saturated carbocycles. The number of alkyl halides is 1. The lowest BCUT2D eigenvalue weighted by atomic mass is 9.58. The van der Waals surface area contributed by atoms with Crippen LogP contribution in [0.5, 0.6) is 5.75 Å². The summed E-state index contributed by atoms with van der Waals surface area (Å²) in [6, 6.07) is 1.73. The first kappa shape index (κ1) is 31.3. The van der Waals surface area contributed by atoms with E-state index in [9.17, 15) is 44.4 Å². The van der Waals surface area contributed by atoms with Crippen molar-refractivity contribution in [2.24, 2.45) is 17.6 Å². The number of aromatic hydroxyl groups is 1. The van der Waals surface area contributed by atoms with Gasteiger partial charge in [0, 0.05) is 11.5 Å². The van der Waals surface area contributed by atoms with Crippen LogP contribution in [0.2, 0.25) is 0 Å². The third-order valence-corrected chi connectivity index (χ3v) is 8.23. The van der Waals surface area contributed by atoms with Gasteiger partial charge in [-0.25, -0.2) is 0 Å². The molecule has 15 heteroatoms. The second-order valence-corrected chi connectivity index (χ2v) is 11.1. The van der Waals surface area contributed by atoms with Gasteiger partial charge in [-0.05, 0) is 44.5 Å². The SMILES string of the molecule is Br.CN(C)[C@@H]1C(O)=C(C(N)=O)C(=O)[C@@]2(O)C(O)=C3C(=O)c4c(ccc(NC(=O)C(Br)CC(=O)O)c4O)CC3CC12. The first-order valence-corrected chi connectivity index (χ1v) is 12.7. The van der Waals surface area contributed by atoms with Gasteiger partial charge in [0.1, 0.15) is 21.9 Å². The predicted octanol–water partition coefficient (Wildman–Crippen LogP) is 0.875. The number of carboxylic acids is 1. The van der Waals surface area contributed by atoms with Crippen LogP contribution in [-0.4, -0.2) is 90.3 Å². The minimum atomic E-state index is -2.76. The number of nitrogens with one attached hydrogen (secondary N) is 1. The molecule has 13 nitrogen and oxygen atoms in total. The molecule has 0 aliphatic heterocycles. The molecule has 0 radical (unpaired) electrons. The van der Waals surface area contributed by atoms with E-state index in [4.69, 9.17) is 10.8 Å². The van der Waals surface area contributed by atoms with Crippen LogP contribution in [0, 0.1) is 11.8 Å². The number of primary amides is 1. The molecule has 3 unspecified atom stereocenters. The Balaban J connectivity index is 0.00000441. The molecule has 5 atom stereocenters. The Hall–Kier alpha value is -3.27. The number of halogens is 2. The molecule has 4 rings (SSSR count). The number of phenolic OH excluding ortho intramolecular Hbond substituents is 1. The molecule has 1 aromatic carbocycles. The number of fused-ring (bicyclic) bond motifs is 3. The van der Waals surface area contributed by atoms with Gasteiger partial charge in [-0.2, -0.15) is 0 Å². The van der Waals surface area contributed by atoms with E-state index < -0.39 is 86.9 Å². The number of aliphatic hydroxyl groups excluding tert-OH is 2. The molecule has 8 N–H and O–H groups in total. The van der Waals surface area contributed by atoms with E-state index in [-0.39, 0.29) is 46.6 Å². The van der Waals surface area contributed by atoms with Gasteiger partial charge >= 0.3 is 5.97 Å². The number of benzene rings is 1. The Morgan fingerprint density at radius 3 is 2.38 bits per heavy atom. The zero-order valence-electron chi connectivity index (χ0n) is 21.2. The number of rotatable bonds is 6. The Bertz CT molecular complexity index is 1410. The molecule has 2 amide bonds. The molecule has 0 bridgehead atoms. The number of aliphatic carboxylic acids is 1. The first-order valence-electron chi connectivity index (χ1n) is 11.8. The van der Waals surface area contributed by atoms with Crippen LogP contribution in [0.15, 0.2) is 34.8 Å². The number of carbonyl (C=O) groups excluding carboxylic acids is 4. The molecule has 0 fully saturated rings. The molecule has 3 aliphatic carbocycles. The highest BCUT2D eigenvalue weighted by atomic mass is 79.9. The summed E-state index contributed by atoms with van der Waals surface area (Å²) >= 11 is 2.94. The van der Waals surface area contributed by atoms with E-state index in [1.165, 1.54) is 31.1 Å². The lowest BCUT2D eigenvalue weighted by Crippen LogP contribution is -2.63. The topological polar surface area (TPSA) is 228 Å². The van der Waals surface area contributed by atoms with Gasteiger partial charge < -0.3 is 36.6 Å². The van der Waals surface area contributed by atoms with Crippen molar-refractivity contribution in [1.29, 1.82) is 0 Å². The number of likely N-dealkylation sites (N-methyl/N-ethyl adjacent to an activating group) is 1. The molecule has 1 aromatic rings. The highest BCUT2D eigenvalue weighted by Gasteiger charge is 2.63. The summed E-state index contributed by atoms with van der Waals surface area (Å²) in [4.78, 5) is 62.6. The second kappa shape index (κ2) is 11.0.